The Morgan fingerprint density at radius 3 is 2.43 bits per heavy atom. The summed E-state index contributed by atoms with van der Waals surface area (Å²) in [4.78, 5) is 23.2. The predicted molar refractivity (Wildman–Crippen MR) is 107 cm³/mol. The first kappa shape index (κ1) is 23.0. The highest BCUT2D eigenvalue weighted by Crippen LogP contribution is 2.29. The molecule has 0 bridgehead atoms. The van der Waals surface area contributed by atoms with E-state index in [0.29, 0.717) is 6.42 Å². The number of hydrazine groups is 1. The fourth-order valence-corrected chi connectivity index (χ4v) is 2.60. The molecule has 160 valence electrons. The van der Waals surface area contributed by atoms with Gasteiger partial charge in [-0.25, -0.2) is 10.2 Å². The molecule has 2 amide bonds. The molecule has 0 aliphatic rings. The van der Waals surface area contributed by atoms with Crippen molar-refractivity contribution in [3.05, 3.63) is 77.4 Å². The van der Waals surface area contributed by atoms with Crippen LogP contribution in [0.15, 0.2) is 60.7 Å². The standard InChI is InChI=1S/C22H23F3N2O3/c23-22(24,25)19-12-7-11-18(16-19)13-14-20(28)26-27-21(29)30-15-6-2-5-10-17-8-3-1-4-9-17/h1,3-4,7-9,11-14,16H,2,5-6,10,15H2,(H,26,28)(H,27,29)/b14-13+. The van der Waals surface area contributed by atoms with Crippen LogP contribution in [0.5, 0.6) is 0 Å². The van der Waals surface area contributed by atoms with Crippen molar-refractivity contribution >= 4 is 18.1 Å². The summed E-state index contributed by atoms with van der Waals surface area (Å²) in [6, 6.07) is 14.6. The van der Waals surface area contributed by atoms with Crippen LogP contribution in [0.2, 0.25) is 0 Å². The molecule has 5 nitrogen and oxygen atoms in total. The van der Waals surface area contributed by atoms with Crippen LogP contribution in [-0.4, -0.2) is 18.6 Å². The first-order chi connectivity index (χ1) is 14.3. The van der Waals surface area contributed by atoms with Crippen molar-refractivity contribution in [3.8, 4) is 0 Å². The van der Waals surface area contributed by atoms with Crippen molar-refractivity contribution in [1.82, 2.24) is 10.9 Å². The normalized spacial score (nSPS) is 11.3. The number of unbranched alkanes of at least 4 members (excludes halogenated alkanes) is 2. The zero-order valence-electron chi connectivity index (χ0n) is 16.2. The summed E-state index contributed by atoms with van der Waals surface area (Å²) >= 11 is 0. The number of benzene rings is 2. The van der Waals surface area contributed by atoms with Crippen LogP contribution in [-0.2, 0) is 22.1 Å². The molecule has 2 aromatic rings. The lowest BCUT2D eigenvalue weighted by atomic mass is 10.1. The van der Waals surface area contributed by atoms with Crippen molar-refractivity contribution in [2.75, 3.05) is 6.61 Å². The van der Waals surface area contributed by atoms with Gasteiger partial charge in [-0.05, 0) is 55.0 Å². The number of carbonyl (C=O) groups excluding carboxylic acids is 2. The second-order valence-corrected chi connectivity index (χ2v) is 6.50. The zero-order valence-corrected chi connectivity index (χ0v) is 16.2. The van der Waals surface area contributed by atoms with Crippen LogP contribution in [0.4, 0.5) is 18.0 Å². The van der Waals surface area contributed by atoms with Crippen LogP contribution < -0.4 is 10.9 Å². The lowest BCUT2D eigenvalue weighted by Gasteiger charge is -2.07. The lowest BCUT2D eigenvalue weighted by Crippen LogP contribution is -2.41. The molecule has 2 aromatic carbocycles. The SMILES string of the molecule is O=C(/C=C/c1cccc(C(F)(F)F)c1)NNC(=O)OCCCCCc1ccccc1. The number of halogens is 3. The van der Waals surface area contributed by atoms with Crippen molar-refractivity contribution < 1.29 is 27.5 Å². The van der Waals surface area contributed by atoms with Gasteiger partial charge in [-0.3, -0.25) is 10.2 Å². The molecule has 0 saturated heterocycles. The second kappa shape index (κ2) is 11.6. The number of ether oxygens (including phenoxy) is 1. The molecule has 0 heterocycles. The van der Waals surface area contributed by atoms with Crippen LogP contribution in [0.25, 0.3) is 6.08 Å². The molecule has 8 heteroatoms. The molecule has 0 aliphatic carbocycles. The maximum atomic E-state index is 12.7. The summed E-state index contributed by atoms with van der Waals surface area (Å²) in [5.74, 6) is -0.702. The topological polar surface area (TPSA) is 67.4 Å². The zero-order chi connectivity index (χ0) is 21.8. The van der Waals surface area contributed by atoms with E-state index in [0.717, 1.165) is 37.5 Å². The quantitative estimate of drug-likeness (QED) is 0.363. The van der Waals surface area contributed by atoms with Gasteiger partial charge in [-0.1, -0.05) is 42.5 Å². The second-order valence-electron chi connectivity index (χ2n) is 6.50. The molecule has 0 aromatic heterocycles. The van der Waals surface area contributed by atoms with Crippen molar-refractivity contribution in [2.24, 2.45) is 0 Å². The largest absolute Gasteiger partial charge is 0.448 e. The van der Waals surface area contributed by atoms with Crippen LogP contribution in [0, 0.1) is 0 Å². The highest BCUT2D eigenvalue weighted by molar-refractivity contribution is 5.92. The number of hydrogen-bond donors (Lipinski definition) is 2. The van der Waals surface area contributed by atoms with Crippen LogP contribution in [0.1, 0.15) is 36.0 Å². The number of alkyl halides is 3. The van der Waals surface area contributed by atoms with E-state index in [9.17, 15) is 22.8 Å². The molecule has 0 atom stereocenters. The molecule has 0 spiro atoms. The van der Waals surface area contributed by atoms with E-state index in [2.05, 4.69) is 23.0 Å². The molecule has 2 N–H and O–H groups in total. The fraction of sp³-hybridized carbons (Fsp3) is 0.273. The molecule has 0 saturated carbocycles. The van der Waals surface area contributed by atoms with E-state index in [1.807, 2.05) is 18.2 Å². The molecule has 0 unspecified atom stereocenters. The predicted octanol–water partition coefficient (Wildman–Crippen LogP) is 4.89. The Morgan fingerprint density at radius 1 is 0.933 bits per heavy atom. The van der Waals surface area contributed by atoms with Gasteiger partial charge in [0.25, 0.3) is 5.91 Å². The van der Waals surface area contributed by atoms with Crippen molar-refractivity contribution in [3.63, 3.8) is 0 Å². The lowest BCUT2D eigenvalue weighted by molar-refractivity contribution is -0.137. The maximum absolute atomic E-state index is 12.7. The van der Waals surface area contributed by atoms with Gasteiger partial charge in [0, 0.05) is 6.08 Å². The monoisotopic (exact) mass is 420 g/mol. The number of amides is 2. The molecule has 0 aliphatic heterocycles. The van der Waals surface area contributed by atoms with E-state index in [1.54, 1.807) is 0 Å². The number of nitrogens with one attached hydrogen (secondary N) is 2. The first-order valence-corrected chi connectivity index (χ1v) is 9.46. The third-order valence-corrected chi connectivity index (χ3v) is 4.11. The highest BCUT2D eigenvalue weighted by atomic mass is 19.4. The summed E-state index contributed by atoms with van der Waals surface area (Å²) in [7, 11) is 0. The Kier molecular flexibility index (Phi) is 8.93. The van der Waals surface area contributed by atoms with Gasteiger partial charge in [0.05, 0.1) is 12.2 Å². The number of hydrogen-bond acceptors (Lipinski definition) is 3. The van der Waals surface area contributed by atoms with E-state index < -0.39 is 23.7 Å². The van der Waals surface area contributed by atoms with E-state index in [4.69, 9.17) is 4.74 Å². The first-order valence-electron chi connectivity index (χ1n) is 9.46. The summed E-state index contributed by atoms with van der Waals surface area (Å²) in [6.45, 7) is 0.219. The summed E-state index contributed by atoms with van der Waals surface area (Å²) < 4.78 is 42.9. The third kappa shape index (κ3) is 8.81. The number of rotatable bonds is 8. The molecule has 30 heavy (non-hydrogen) atoms. The third-order valence-electron chi connectivity index (χ3n) is 4.11. The number of aryl methyl sites for hydroxylation is 1. The van der Waals surface area contributed by atoms with Crippen LogP contribution >= 0.6 is 0 Å². The van der Waals surface area contributed by atoms with Gasteiger partial charge < -0.3 is 4.74 Å². The summed E-state index contributed by atoms with van der Waals surface area (Å²) in [5.41, 5.74) is 4.84. The van der Waals surface area contributed by atoms with E-state index in [1.165, 1.54) is 23.8 Å². The fourth-order valence-electron chi connectivity index (χ4n) is 2.60. The van der Waals surface area contributed by atoms with Gasteiger partial charge in [-0.15, -0.1) is 0 Å². The Balaban J connectivity index is 1.60. The highest BCUT2D eigenvalue weighted by Gasteiger charge is 2.30. The summed E-state index contributed by atoms with van der Waals surface area (Å²) in [6.07, 6.45) is 0.493. The minimum atomic E-state index is -4.46. The Morgan fingerprint density at radius 2 is 1.70 bits per heavy atom. The smallest absolute Gasteiger partial charge is 0.426 e. The van der Waals surface area contributed by atoms with Gasteiger partial charge >= 0.3 is 12.3 Å². The minimum absolute atomic E-state index is 0.207. The molecule has 2 rings (SSSR count). The van der Waals surface area contributed by atoms with Gasteiger partial charge in [0.2, 0.25) is 0 Å². The summed E-state index contributed by atoms with van der Waals surface area (Å²) in [5, 5.41) is 0. The molecule has 0 fully saturated rings. The molecule has 0 radical (unpaired) electrons. The van der Waals surface area contributed by atoms with Crippen molar-refractivity contribution in [2.45, 2.75) is 31.9 Å². The average Bonchev–Trinajstić information content (AvgIpc) is 2.73. The van der Waals surface area contributed by atoms with Crippen molar-refractivity contribution in [1.29, 1.82) is 0 Å². The van der Waals surface area contributed by atoms with E-state index in [-0.39, 0.29) is 12.2 Å². The van der Waals surface area contributed by atoms with Gasteiger partial charge in [0.1, 0.15) is 0 Å². The van der Waals surface area contributed by atoms with Gasteiger partial charge in [0.15, 0.2) is 0 Å². The Bertz CT molecular complexity index is 852. The maximum Gasteiger partial charge on any atom is 0.426 e. The van der Waals surface area contributed by atoms with Crippen LogP contribution in [0.3, 0.4) is 0 Å². The molecular formula is C22H23F3N2O3. The Hall–Kier alpha value is -3.29. The number of carbonyl (C=O) groups is 2. The average molecular weight is 420 g/mol. The minimum Gasteiger partial charge on any atom is -0.448 e. The Labute approximate surface area is 172 Å². The van der Waals surface area contributed by atoms with E-state index >= 15 is 0 Å². The van der Waals surface area contributed by atoms with Gasteiger partial charge in [-0.2, -0.15) is 13.2 Å². The molecular weight excluding hydrogens is 397 g/mol.